The van der Waals surface area contributed by atoms with Crippen molar-refractivity contribution >= 4 is 28.1 Å². The lowest BCUT2D eigenvalue weighted by molar-refractivity contribution is -0.119. The molecule has 0 aliphatic carbocycles. The summed E-state index contributed by atoms with van der Waals surface area (Å²) in [6, 6.07) is 22.2. The quantitative estimate of drug-likeness (QED) is 0.698. The van der Waals surface area contributed by atoms with Crippen molar-refractivity contribution in [2.75, 3.05) is 22.9 Å². The highest BCUT2D eigenvalue weighted by atomic mass is 16.2. The Morgan fingerprint density at radius 1 is 0.966 bits per heavy atom. The number of benzene rings is 3. The predicted octanol–water partition coefficient (Wildman–Crippen LogP) is 4.57. The summed E-state index contributed by atoms with van der Waals surface area (Å²) in [5.41, 5.74) is 9.55. The van der Waals surface area contributed by atoms with Crippen LogP contribution < -0.4 is 15.5 Å². The molecule has 4 nitrogen and oxygen atoms in total. The number of rotatable bonds is 5. The first-order chi connectivity index (χ1) is 14.0. The first kappa shape index (κ1) is 19.5. The highest BCUT2D eigenvalue weighted by molar-refractivity contribution is 6.02. The van der Waals surface area contributed by atoms with Gasteiger partial charge in [0.25, 0.3) is 0 Å². The number of nitrogens with two attached hydrogens (primary N) is 1. The third kappa shape index (κ3) is 3.99. The van der Waals surface area contributed by atoms with Crippen LogP contribution in [0.25, 0.3) is 10.8 Å². The monoisotopic (exact) mass is 387 g/mol. The van der Waals surface area contributed by atoms with Crippen LogP contribution in [0.15, 0.2) is 66.7 Å². The van der Waals surface area contributed by atoms with Gasteiger partial charge in [-0.25, -0.2) is 0 Å². The van der Waals surface area contributed by atoms with Crippen LogP contribution in [0.4, 0.5) is 11.4 Å². The van der Waals surface area contributed by atoms with E-state index in [0.29, 0.717) is 19.0 Å². The Morgan fingerprint density at radius 3 is 2.45 bits per heavy atom. The molecule has 0 radical (unpaired) electrons. The van der Waals surface area contributed by atoms with Crippen LogP contribution >= 0.6 is 0 Å². The van der Waals surface area contributed by atoms with Crippen molar-refractivity contribution in [3.8, 4) is 0 Å². The Hall–Kier alpha value is -2.85. The van der Waals surface area contributed by atoms with E-state index in [1.54, 1.807) is 0 Å². The standard InChI is InChI=1S/C25H29N3O/c1-18(2)14-15-27-17-22(26)25(29)28(24-13-6-5-12-23(24)27)16-20-10-7-9-19-8-3-4-11-21(19)20/h3-13,18,22H,14-17,26H2,1-2H3/t22-/m0/s1. The van der Waals surface area contributed by atoms with Crippen LogP contribution in [0.2, 0.25) is 0 Å². The highest BCUT2D eigenvalue weighted by Gasteiger charge is 2.31. The summed E-state index contributed by atoms with van der Waals surface area (Å²) in [5, 5.41) is 2.36. The smallest absolute Gasteiger partial charge is 0.246 e. The predicted molar refractivity (Wildman–Crippen MR) is 121 cm³/mol. The Kier molecular flexibility index (Phi) is 5.54. The summed E-state index contributed by atoms with van der Waals surface area (Å²) in [5.74, 6) is 0.585. The van der Waals surface area contributed by atoms with E-state index in [4.69, 9.17) is 5.73 Å². The molecule has 0 saturated carbocycles. The van der Waals surface area contributed by atoms with Crippen LogP contribution in [0.1, 0.15) is 25.8 Å². The zero-order chi connectivity index (χ0) is 20.4. The molecule has 4 rings (SSSR count). The fraction of sp³-hybridized carbons (Fsp3) is 0.320. The van der Waals surface area contributed by atoms with Gasteiger partial charge in [0.05, 0.1) is 17.9 Å². The Labute approximate surface area is 172 Å². The normalized spacial score (nSPS) is 17.0. The third-order valence-corrected chi connectivity index (χ3v) is 5.70. The van der Waals surface area contributed by atoms with E-state index in [2.05, 4.69) is 55.1 Å². The highest BCUT2D eigenvalue weighted by Crippen LogP contribution is 2.34. The maximum atomic E-state index is 13.3. The molecule has 1 amide bonds. The number of carbonyl (C=O) groups excluding carboxylic acids is 1. The number of hydrogen-bond donors (Lipinski definition) is 1. The van der Waals surface area contributed by atoms with Gasteiger partial charge in [-0.05, 0) is 40.8 Å². The van der Waals surface area contributed by atoms with Crippen molar-refractivity contribution in [2.45, 2.75) is 32.9 Å². The molecule has 0 spiro atoms. The Balaban J connectivity index is 1.74. The number of anilines is 2. The maximum absolute atomic E-state index is 13.3. The molecule has 1 aliphatic heterocycles. The van der Waals surface area contributed by atoms with Gasteiger partial charge in [0, 0.05) is 13.1 Å². The molecule has 1 atom stereocenters. The number of carbonyl (C=O) groups is 1. The van der Waals surface area contributed by atoms with Gasteiger partial charge in [0.15, 0.2) is 0 Å². The minimum absolute atomic E-state index is 0.0163. The van der Waals surface area contributed by atoms with Crippen LogP contribution in [-0.2, 0) is 11.3 Å². The van der Waals surface area contributed by atoms with Gasteiger partial charge in [-0.2, -0.15) is 0 Å². The Morgan fingerprint density at radius 2 is 1.66 bits per heavy atom. The van der Waals surface area contributed by atoms with E-state index in [-0.39, 0.29) is 5.91 Å². The van der Waals surface area contributed by atoms with Crippen LogP contribution in [0.3, 0.4) is 0 Å². The van der Waals surface area contributed by atoms with Crippen molar-refractivity contribution in [2.24, 2.45) is 11.7 Å². The average Bonchev–Trinajstić information content (AvgIpc) is 2.83. The molecule has 3 aromatic carbocycles. The van der Waals surface area contributed by atoms with Crippen LogP contribution in [0.5, 0.6) is 0 Å². The SMILES string of the molecule is CC(C)CCN1C[C@H](N)C(=O)N(Cc2cccc3ccccc23)c2ccccc21. The fourth-order valence-corrected chi connectivity index (χ4v) is 4.08. The largest absolute Gasteiger partial charge is 0.368 e. The molecule has 2 N–H and O–H groups in total. The minimum Gasteiger partial charge on any atom is -0.368 e. The average molecular weight is 388 g/mol. The molecular weight excluding hydrogens is 358 g/mol. The number of amides is 1. The zero-order valence-electron chi connectivity index (χ0n) is 17.2. The second-order valence-corrected chi connectivity index (χ2v) is 8.29. The molecule has 150 valence electrons. The molecule has 0 saturated heterocycles. The van der Waals surface area contributed by atoms with Gasteiger partial charge < -0.3 is 15.5 Å². The van der Waals surface area contributed by atoms with Crippen molar-refractivity contribution in [1.82, 2.24) is 0 Å². The zero-order valence-corrected chi connectivity index (χ0v) is 17.2. The van der Waals surface area contributed by atoms with Gasteiger partial charge in [0.1, 0.15) is 6.04 Å². The van der Waals surface area contributed by atoms with Gasteiger partial charge in [-0.1, -0.05) is 68.4 Å². The molecule has 0 unspecified atom stereocenters. The molecule has 0 fully saturated rings. The molecule has 1 aliphatic rings. The lowest BCUT2D eigenvalue weighted by atomic mass is 10.0. The number of para-hydroxylation sites is 2. The van der Waals surface area contributed by atoms with Gasteiger partial charge in [-0.15, -0.1) is 0 Å². The van der Waals surface area contributed by atoms with Crippen molar-refractivity contribution in [1.29, 1.82) is 0 Å². The second-order valence-electron chi connectivity index (χ2n) is 8.29. The first-order valence-electron chi connectivity index (χ1n) is 10.4. The van der Waals surface area contributed by atoms with Crippen molar-refractivity contribution in [3.63, 3.8) is 0 Å². The minimum atomic E-state index is -0.537. The number of nitrogens with zero attached hydrogens (tertiary/aromatic N) is 2. The van der Waals surface area contributed by atoms with E-state index in [9.17, 15) is 4.79 Å². The third-order valence-electron chi connectivity index (χ3n) is 5.70. The molecule has 1 heterocycles. The molecule has 29 heavy (non-hydrogen) atoms. The lowest BCUT2D eigenvalue weighted by Crippen LogP contribution is -2.47. The summed E-state index contributed by atoms with van der Waals surface area (Å²) in [4.78, 5) is 17.5. The van der Waals surface area contributed by atoms with Crippen molar-refractivity contribution < 1.29 is 4.79 Å². The summed E-state index contributed by atoms with van der Waals surface area (Å²) >= 11 is 0. The molecule has 4 heteroatoms. The summed E-state index contributed by atoms with van der Waals surface area (Å²) < 4.78 is 0. The molecule has 0 aromatic heterocycles. The van der Waals surface area contributed by atoms with E-state index in [0.717, 1.165) is 29.9 Å². The van der Waals surface area contributed by atoms with Crippen LogP contribution in [0, 0.1) is 5.92 Å². The number of fused-ring (bicyclic) bond motifs is 2. The van der Waals surface area contributed by atoms with Crippen LogP contribution in [-0.4, -0.2) is 25.0 Å². The van der Waals surface area contributed by atoms with E-state index < -0.39 is 6.04 Å². The summed E-state index contributed by atoms with van der Waals surface area (Å²) in [7, 11) is 0. The topological polar surface area (TPSA) is 49.6 Å². The first-order valence-corrected chi connectivity index (χ1v) is 10.4. The summed E-state index contributed by atoms with van der Waals surface area (Å²) in [6.07, 6.45) is 1.07. The second kappa shape index (κ2) is 8.26. The number of hydrogen-bond acceptors (Lipinski definition) is 3. The van der Waals surface area contributed by atoms with Gasteiger partial charge in [-0.3, -0.25) is 4.79 Å². The lowest BCUT2D eigenvalue weighted by Gasteiger charge is -2.27. The Bertz CT molecular complexity index is 1010. The maximum Gasteiger partial charge on any atom is 0.246 e. The fourth-order valence-electron chi connectivity index (χ4n) is 4.08. The molecular formula is C25H29N3O. The van der Waals surface area contributed by atoms with E-state index in [1.165, 1.54) is 10.8 Å². The van der Waals surface area contributed by atoms with E-state index in [1.807, 2.05) is 35.2 Å². The molecule has 3 aromatic rings. The summed E-state index contributed by atoms with van der Waals surface area (Å²) in [6.45, 7) is 6.42. The van der Waals surface area contributed by atoms with Crippen molar-refractivity contribution in [3.05, 3.63) is 72.3 Å². The van der Waals surface area contributed by atoms with E-state index >= 15 is 0 Å². The van der Waals surface area contributed by atoms with Gasteiger partial charge >= 0.3 is 0 Å². The van der Waals surface area contributed by atoms with Gasteiger partial charge in [0.2, 0.25) is 5.91 Å². The molecule has 0 bridgehead atoms.